The first-order valence-electron chi connectivity index (χ1n) is 7.65. The average Bonchev–Trinajstić information content (AvgIpc) is 2.62. The molecule has 0 aromatic heterocycles. The molecule has 1 N–H and O–H groups in total. The van der Waals surface area contributed by atoms with E-state index in [0.717, 1.165) is 18.7 Å². The van der Waals surface area contributed by atoms with Gasteiger partial charge in [-0.1, -0.05) is 18.6 Å². The van der Waals surface area contributed by atoms with Gasteiger partial charge in [-0.15, -0.1) is 0 Å². The van der Waals surface area contributed by atoms with Crippen LogP contribution in [-0.4, -0.2) is 25.5 Å². The Balaban J connectivity index is 1.86. The molecule has 1 aromatic carbocycles. The number of anilines is 1. The van der Waals surface area contributed by atoms with Gasteiger partial charge in [0.2, 0.25) is 5.91 Å². The number of nitrogens with one attached hydrogen (secondary N) is 1. The number of piperidine rings is 1. The highest BCUT2D eigenvalue weighted by Crippen LogP contribution is 2.41. The van der Waals surface area contributed by atoms with E-state index in [1.165, 1.54) is 30.4 Å². The third-order valence-electron chi connectivity index (χ3n) is 4.83. The molecule has 1 unspecified atom stereocenters. The van der Waals surface area contributed by atoms with E-state index in [1.54, 1.807) is 4.90 Å². The first kappa shape index (κ1) is 13.6. The van der Waals surface area contributed by atoms with E-state index < -0.39 is 0 Å². The molecule has 2 heterocycles. The molecule has 0 aliphatic carbocycles. The number of likely N-dealkylation sites (N-methyl/N-ethyl adjacent to an activating group) is 1. The lowest BCUT2D eigenvalue weighted by molar-refractivity contribution is -0.121. The molecule has 20 heavy (non-hydrogen) atoms. The van der Waals surface area contributed by atoms with E-state index in [-0.39, 0.29) is 11.3 Å². The molecule has 2 aliphatic heterocycles. The summed E-state index contributed by atoms with van der Waals surface area (Å²) < 4.78 is 0. The van der Waals surface area contributed by atoms with Crippen molar-refractivity contribution in [3.8, 4) is 0 Å². The molecule has 0 spiro atoms. The van der Waals surface area contributed by atoms with Crippen molar-refractivity contribution in [1.82, 2.24) is 5.32 Å². The number of nitrogens with zero attached hydrogens (tertiary/aromatic N) is 1. The zero-order valence-corrected chi connectivity index (χ0v) is 12.7. The highest BCUT2D eigenvalue weighted by molar-refractivity contribution is 6.07. The highest BCUT2D eigenvalue weighted by atomic mass is 16.2. The van der Waals surface area contributed by atoms with Crippen molar-refractivity contribution in [1.29, 1.82) is 0 Å². The first-order chi connectivity index (χ1) is 9.50. The lowest BCUT2D eigenvalue weighted by atomic mass is 9.84. The van der Waals surface area contributed by atoms with Gasteiger partial charge in [0.25, 0.3) is 0 Å². The molecule has 108 valence electrons. The van der Waals surface area contributed by atoms with Crippen molar-refractivity contribution in [2.24, 2.45) is 0 Å². The van der Waals surface area contributed by atoms with Gasteiger partial charge < -0.3 is 10.2 Å². The van der Waals surface area contributed by atoms with Gasteiger partial charge in [0.1, 0.15) is 0 Å². The zero-order valence-electron chi connectivity index (χ0n) is 12.7. The van der Waals surface area contributed by atoms with Crippen LogP contribution in [0.1, 0.15) is 44.2 Å². The molecule has 2 aliphatic rings. The predicted molar refractivity (Wildman–Crippen MR) is 82.2 cm³/mol. The summed E-state index contributed by atoms with van der Waals surface area (Å²) in [7, 11) is 1.87. The van der Waals surface area contributed by atoms with Gasteiger partial charge in [0.05, 0.1) is 5.41 Å². The summed E-state index contributed by atoms with van der Waals surface area (Å²) in [4.78, 5) is 14.1. The van der Waals surface area contributed by atoms with Crippen LogP contribution < -0.4 is 10.2 Å². The third kappa shape index (κ3) is 2.14. The Labute approximate surface area is 121 Å². The fourth-order valence-corrected chi connectivity index (χ4v) is 3.53. The van der Waals surface area contributed by atoms with Gasteiger partial charge in [-0.2, -0.15) is 0 Å². The van der Waals surface area contributed by atoms with E-state index in [4.69, 9.17) is 0 Å². The summed E-state index contributed by atoms with van der Waals surface area (Å²) in [5, 5.41) is 3.60. The maximum absolute atomic E-state index is 12.3. The fourth-order valence-electron chi connectivity index (χ4n) is 3.53. The topological polar surface area (TPSA) is 32.3 Å². The van der Waals surface area contributed by atoms with Crippen molar-refractivity contribution in [3.05, 3.63) is 29.3 Å². The molecule has 1 amide bonds. The number of fused-ring (bicyclic) bond motifs is 1. The monoisotopic (exact) mass is 272 g/mol. The molecule has 3 nitrogen and oxygen atoms in total. The molecule has 1 saturated heterocycles. The highest BCUT2D eigenvalue weighted by Gasteiger charge is 2.42. The second-order valence-corrected chi connectivity index (χ2v) is 6.69. The number of amides is 1. The summed E-state index contributed by atoms with van der Waals surface area (Å²) in [5.74, 6) is 0.195. The number of carbonyl (C=O) groups is 1. The molecular weight excluding hydrogens is 248 g/mol. The molecule has 3 heteroatoms. The molecular formula is C17H24N2O. The standard InChI is InChI=1S/C17H24N2O/c1-17(2)14-11-12(10-13-6-4-5-9-18-13)7-8-15(14)19(3)16(17)20/h7-8,11,13,18H,4-6,9-10H2,1-3H3. The Morgan fingerprint density at radius 2 is 2.15 bits per heavy atom. The molecule has 1 aromatic rings. The largest absolute Gasteiger partial charge is 0.314 e. The minimum absolute atomic E-state index is 0.195. The molecule has 0 radical (unpaired) electrons. The normalized spacial score (nSPS) is 24.9. The van der Waals surface area contributed by atoms with Crippen LogP contribution >= 0.6 is 0 Å². The SMILES string of the molecule is CN1C(=O)C(C)(C)c2cc(CC3CCCCN3)ccc21. The summed E-state index contributed by atoms with van der Waals surface area (Å²) in [6.07, 6.45) is 4.96. The first-order valence-corrected chi connectivity index (χ1v) is 7.65. The number of hydrogen-bond acceptors (Lipinski definition) is 2. The van der Waals surface area contributed by atoms with Crippen molar-refractivity contribution in [3.63, 3.8) is 0 Å². The van der Waals surface area contributed by atoms with Crippen LogP contribution in [0.15, 0.2) is 18.2 Å². The van der Waals surface area contributed by atoms with E-state index in [9.17, 15) is 4.79 Å². The Bertz CT molecular complexity index is 530. The minimum atomic E-state index is -0.389. The van der Waals surface area contributed by atoms with E-state index in [0.29, 0.717) is 6.04 Å². The van der Waals surface area contributed by atoms with Gasteiger partial charge in [-0.05, 0) is 56.8 Å². The number of benzene rings is 1. The maximum Gasteiger partial charge on any atom is 0.236 e. The summed E-state index contributed by atoms with van der Waals surface area (Å²) in [6.45, 7) is 5.20. The van der Waals surface area contributed by atoms with Crippen molar-refractivity contribution in [2.75, 3.05) is 18.5 Å². The lowest BCUT2D eigenvalue weighted by Gasteiger charge is -2.24. The van der Waals surface area contributed by atoms with E-state index >= 15 is 0 Å². The summed E-state index contributed by atoms with van der Waals surface area (Å²) in [6, 6.07) is 7.13. The molecule has 1 atom stereocenters. The Hall–Kier alpha value is -1.35. The van der Waals surface area contributed by atoms with Crippen LogP contribution in [0, 0.1) is 0 Å². The maximum atomic E-state index is 12.3. The molecule has 0 saturated carbocycles. The van der Waals surface area contributed by atoms with Crippen LogP contribution in [0.25, 0.3) is 0 Å². The Morgan fingerprint density at radius 1 is 1.35 bits per heavy atom. The van der Waals surface area contributed by atoms with Gasteiger partial charge in [0.15, 0.2) is 0 Å². The van der Waals surface area contributed by atoms with Crippen LogP contribution in [0.5, 0.6) is 0 Å². The van der Waals surface area contributed by atoms with Gasteiger partial charge in [0, 0.05) is 18.8 Å². The average molecular weight is 272 g/mol. The number of carbonyl (C=O) groups excluding carboxylic acids is 1. The summed E-state index contributed by atoms with van der Waals surface area (Å²) >= 11 is 0. The number of hydrogen-bond donors (Lipinski definition) is 1. The Kier molecular flexibility index (Phi) is 3.33. The zero-order chi connectivity index (χ0) is 14.3. The minimum Gasteiger partial charge on any atom is -0.314 e. The fraction of sp³-hybridized carbons (Fsp3) is 0.588. The van der Waals surface area contributed by atoms with E-state index in [2.05, 4.69) is 23.5 Å². The molecule has 1 fully saturated rings. The van der Waals surface area contributed by atoms with Crippen molar-refractivity contribution >= 4 is 11.6 Å². The second-order valence-electron chi connectivity index (χ2n) is 6.69. The molecule has 3 rings (SSSR count). The van der Waals surface area contributed by atoms with Crippen LogP contribution in [0.3, 0.4) is 0 Å². The van der Waals surface area contributed by atoms with Gasteiger partial charge >= 0.3 is 0 Å². The smallest absolute Gasteiger partial charge is 0.236 e. The second kappa shape index (κ2) is 4.88. The van der Waals surface area contributed by atoms with Crippen LogP contribution in [0.4, 0.5) is 5.69 Å². The van der Waals surface area contributed by atoms with Crippen LogP contribution in [0.2, 0.25) is 0 Å². The Morgan fingerprint density at radius 3 is 2.85 bits per heavy atom. The lowest BCUT2D eigenvalue weighted by Crippen LogP contribution is -2.35. The van der Waals surface area contributed by atoms with Crippen molar-refractivity contribution in [2.45, 2.75) is 51.0 Å². The van der Waals surface area contributed by atoms with Crippen molar-refractivity contribution < 1.29 is 4.79 Å². The predicted octanol–water partition coefficient (Wildman–Crippen LogP) is 2.63. The van der Waals surface area contributed by atoms with Gasteiger partial charge in [-0.25, -0.2) is 0 Å². The number of rotatable bonds is 2. The van der Waals surface area contributed by atoms with Crippen LogP contribution in [-0.2, 0) is 16.6 Å². The van der Waals surface area contributed by atoms with Gasteiger partial charge in [-0.3, -0.25) is 4.79 Å². The summed E-state index contributed by atoms with van der Waals surface area (Å²) in [5.41, 5.74) is 3.21. The quantitative estimate of drug-likeness (QED) is 0.897. The molecule has 0 bridgehead atoms. The third-order valence-corrected chi connectivity index (χ3v) is 4.83. The van der Waals surface area contributed by atoms with E-state index in [1.807, 2.05) is 20.9 Å².